The Kier molecular flexibility index (Phi) is 4.56. The third-order valence-corrected chi connectivity index (χ3v) is 6.63. The van der Waals surface area contributed by atoms with Crippen molar-refractivity contribution in [2.24, 2.45) is 0 Å². The van der Waals surface area contributed by atoms with Crippen molar-refractivity contribution in [3.63, 3.8) is 0 Å². The molecule has 0 aromatic heterocycles. The number of hydrogen-bond donors (Lipinski definition) is 1. The van der Waals surface area contributed by atoms with Crippen molar-refractivity contribution in [2.75, 3.05) is 5.73 Å². The number of hydrogen-bond acceptors (Lipinski definition) is 1. The molecule has 3 aromatic rings. The fraction of sp³-hybridized carbons (Fsp3) is 0.100. The van der Waals surface area contributed by atoms with Crippen LogP contribution in [-0.4, -0.2) is 0 Å². The molecule has 0 aliphatic heterocycles. The van der Waals surface area contributed by atoms with Crippen LogP contribution in [0.25, 0.3) is 0 Å². The second kappa shape index (κ2) is 6.77. The van der Waals surface area contributed by atoms with E-state index in [0.717, 1.165) is 5.69 Å². The van der Waals surface area contributed by atoms with Gasteiger partial charge in [0.1, 0.15) is 0 Å². The lowest BCUT2D eigenvalue weighted by atomic mass is 10.1. The molecule has 3 rings (SSSR count). The molecule has 2 N–H and O–H groups in total. The third kappa shape index (κ3) is 3.21. The van der Waals surface area contributed by atoms with Crippen LogP contribution in [0.5, 0.6) is 0 Å². The zero-order valence-corrected chi connectivity index (χ0v) is 13.6. The first kappa shape index (κ1) is 14.8. The van der Waals surface area contributed by atoms with Crippen LogP contribution in [0.2, 0.25) is 0 Å². The van der Waals surface area contributed by atoms with E-state index in [1.54, 1.807) is 0 Å². The van der Waals surface area contributed by atoms with E-state index in [0.29, 0.717) is 5.66 Å². The van der Waals surface area contributed by atoms with Crippen LogP contribution < -0.4 is 16.3 Å². The second-order valence-corrected chi connectivity index (χ2v) is 7.93. The Morgan fingerprint density at radius 2 is 1.27 bits per heavy atom. The van der Waals surface area contributed by atoms with E-state index in [1.807, 2.05) is 12.1 Å². The SMILES string of the molecule is CC(c1cccc(N)c1)P(c1ccccc1)c1ccccc1. The molecule has 3 aromatic carbocycles. The zero-order chi connectivity index (χ0) is 15.4. The monoisotopic (exact) mass is 305 g/mol. The van der Waals surface area contributed by atoms with Gasteiger partial charge in [0.15, 0.2) is 0 Å². The summed E-state index contributed by atoms with van der Waals surface area (Å²) in [5, 5.41) is 2.80. The van der Waals surface area contributed by atoms with Crippen molar-refractivity contribution in [3.8, 4) is 0 Å². The summed E-state index contributed by atoms with van der Waals surface area (Å²) in [5.74, 6) is 0. The van der Waals surface area contributed by atoms with Gasteiger partial charge in [-0.15, -0.1) is 0 Å². The maximum Gasteiger partial charge on any atom is 0.0316 e. The van der Waals surface area contributed by atoms with Gasteiger partial charge in [-0.3, -0.25) is 0 Å². The minimum atomic E-state index is -0.456. The summed E-state index contributed by atoms with van der Waals surface area (Å²) in [7, 11) is -0.456. The van der Waals surface area contributed by atoms with Gasteiger partial charge < -0.3 is 5.73 Å². The van der Waals surface area contributed by atoms with Crippen molar-refractivity contribution in [1.29, 1.82) is 0 Å². The number of nitrogens with two attached hydrogens (primary N) is 1. The third-order valence-electron chi connectivity index (χ3n) is 3.85. The van der Waals surface area contributed by atoms with Crippen molar-refractivity contribution in [3.05, 3.63) is 90.5 Å². The molecule has 2 heteroatoms. The Labute approximate surface area is 133 Å². The van der Waals surface area contributed by atoms with Crippen LogP contribution in [-0.2, 0) is 0 Å². The average Bonchev–Trinajstić information content (AvgIpc) is 2.57. The molecular weight excluding hydrogens is 285 g/mol. The number of nitrogen functional groups attached to an aromatic ring is 1. The van der Waals surface area contributed by atoms with E-state index in [-0.39, 0.29) is 0 Å². The largest absolute Gasteiger partial charge is 0.399 e. The van der Waals surface area contributed by atoms with Gasteiger partial charge >= 0.3 is 0 Å². The highest BCUT2D eigenvalue weighted by Gasteiger charge is 2.22. The lowest BCUT2D eigenvalue weighted by Gasteiger charge is -2.26. The van der Waals surface area contributed by atoms with Crippen molar-refractivity contribution < 1.29 is 0 Å². The van der Waals surface area contributed by atoms with Gasteiger partial charge in [0, 0.05) is 11.3 Å². The number of rotatable bonds is 4. The summed E-state index contributed by atoms with van der Waals surface area (Å²) in [4.78, 5) is 0. The Hall–Kier alpha value is -2.11. The molecule has 22 heavy (non-hydrogen) atoms. The average molecular weight is 305 g/mol. The van der Waals surface area contributed by atoms with E-state index < -0.39 is 7.92 Å². The predicted octanol–water partition coefficient (Wildman–Crippen LogP) is 4.46. The molecule has 0 fully saturated rings. The first-order chi connectivity index (χ1) is 10.8. The Bertz CT molecular complexity index is 685. The predicted molar refractivity (Wildman–Crippen MR) is 98.3 cm³/mol. The molecule has 0 heterocycles. The normalized spacial score (nSPS) is 12.3. The minimum absolute atomic E-state index is 0.420. The Morgan fingerprint density at radius 1 is 0.727 bits per heavy atom. The topological polar surface area (TPSA) is 26.0 Å². The molecule has 0 aliphatic carbocycles. The van der Waals surface area contributed by atoms with Gasteiger partial charge in [0.05, 0.1) is 0 Å². The van der Waals surface area contributed by atoms with Crippen molar-refractivity contribution >= 4 is 24.2 Å². The standard InChI is InChI=1S/C20H20NP/c1-16(17-9-8-10-18(21)15-17)22(19-11-4-2-5-12-19)20-13-6-3-7-14-20/h2-16H,21H2,1H3. The van der Waals surface area contributed by atoms with Gasteiger partial charge in [-0.25, -0.2) is 0 Å². The smallest absolute Gasteiger partial charge is 0.0316 e. The first-order valence-corrected chi connectivity index (χ1v) is 8.91. The first-order valence-electron chi connectivity index (χ1n) is 7.50. The molecule has 1 unspecified atom stereocenters. The van der Waals surface area contributed by atoms with E-state index in [9.17, 15) is 0 Å². The molecule has 0 saturated carbocycles. The van der Waals surface area contributed by atoms with Crippen molar-refractivity contribution in [1.82, 2.24) is 0 Å². The molecule has 0 saturated heterocycles. The van der Waals surface area contributed by atoms with E-state index in [1.165, 1.54) is 16.2 Å². The molecule has 1 atom stereocenters. The van der Waals surface area contributed by atoms with Gasteiger partial charge in [-0.1, -0.05) is 79.7 Å². The number of anilines is 1. The van der Waals surface area contributed by atoms with Gasteiger partial charge in [0.25, 0.3) is 0 Å². The van der Waals surface area contributed by atoms with E-state index in [2.05, 4.69) is 79.7 Å². The molecule has 0 bridgehead atoms. The molecule has 1 nitrogen and oxygen atoms in total. The van der Waals surface area contributed by atoms with Crippen LogP contribution in [0, 0.1) is 0 Å². The van der Waals surface area contributed by atoms with Crippen LogP contribution in [0.15, 0.2) is 84.9 Å². The van der Waals surface area contributed by atoms with Crippen LogP contribution >= 0.6 is 7.92 Å². The fourth-order valence-corrected chi connectivity index (χ4v) is 5.38. The fourth-order valence-electron chi connectivity index (χ4n) is 2.74. The summed E-state index contributed by atoms with van der Waals surface area (Å²) in [6, 6.07) is 29.9. The van der Waals surface area contributed by atoms with Gasteiger partial charge in [0.2, 0.25) is 0 Å². The van der Waals surface area contributed by atoms with Crippen LogP contribution in [0.4, 0.5) is 5.69 Å². The van der Waals surface area contributed by atoms with Gasteiger partial charge in [-0.2, -0.15) is 0 Å². The van der Waals surface area contributed by atoms with E-state index in [4.69, 9.17) is 5.73 Å². The summed E-state index contributed by atoms with van der Waals surface area (Å²) in [6.07, 6.45) is 0. The van der Waals surface area contributed by atoms with E-state index >= 15 is 0 Å². The highest BCUT2D eigenvalue weighted by atomic mass is 31.1. The lowest BCUT2D eigenvalue weighted by molar-refractivity contribution is 1.09. The second-order valence-electron chi connectivity index (χ2n) is 5.39. The highest BCUT2D eigenvalue weighted by Crippen LogP contribution is 2.49. The summed E-state index contributed by atoms with van der Waals surface area (Å²) in [5.41, 5.74) is 8.54. The quantitative estimate of drug-likeness (QED) is 0.559. The maximum absolute atomic E-state index is 5.98. The molecule has 0 aliphatic rings. The summed E-state index contributed by atoms with van der Waals surface area (Å²) >= 11 is 0. The van der Waals surface area contributed by atoms with Gasteiger partial charge in [-0.05, 0) is 36.2 Å². The highest BCUT2D eigenvalue weighted by molar-refractivity contribution is 7.73. The van der Waals surface area contributed by atoms with Crippen LogP contribution in [0.3, 0.4) is 0 Å². The Balaban J connectivity index is 2.06. The molecule has 0 amide bonds. The maximum atomic E-state index is 5.98. The molecule has 110 valence electrons. The Morgan fingerprint density at radius 3 is 1.77 bits per heavy atom. The summed E-state index contributed by atoms with van der Waals surface area (Å²) < 4.78 is 0. The minimum Gasteiger partial charge on any atom is -0.399 e. The zero-order valence-electron chi connectivity index (χ0n) is 12.7. The number of benzene rings is 3. The molecule has 0 radical (unpaired) electrons. The van der Waals surface area contributed by atoms with Crippen molar-refractivity contribution in [2.45, 2.75) is 12.6 Å². The summed E-state index contributed by atoms with van der Waals surface area (Å²) in [6.45, 7) is 2.31. The van der Waals surface area contributed by atoms with Crippen LogP contribution in [0.1, 0.15) is 18.1 Å². The molecule has 0 spiro atoms. The molecular formula is C20H20NP. The lowest BCUT2D eigenvalue weighted by Crippen LogP contribution is -2.15.